The van der Waals surface area contributed by atoms with Crippen LogP contribution in [0.5, 0.6) is 5.75 Å². The number of benzene rings is 3. The summed E-state index contributed by atoms with van der Waals surface area (Å²) in [6.07, 6.45) is 2.84. The Balaban J connectivity index is 1.35. The van der Waals surface area contributed by atoms with E-state index in [1.165, 1.54) is 61.9 Å². The van der Waals surface area contributed by atoms with Crippen molar-refractivity contribution in [1.29, 1.82) is 0 Å². The average molecular weight is 471 g/mol. The summed E-state index contributed by atoms with van der Waals surface area (Å²) in [5, 5.41) is 0. The van der Waals surface area contributed by atoms with Gasteiger partial charge in [-0.3, -0.25) is 0 Å². The second kappa shape index (κ2) is 10.2. The van der Waals surface area contributed by atoms with Crippen LogP contribution in [0.3, 0.4) is 0 Å². The van der Waals surface area contributed by atoms with Gasteiger partial charge >= 0.3 is 6.11 Å². The molecule has 0 atom stereocenters. The maximum absolute atomic E-state index is 14.5. The molecule has 0 radical (unpaired) electrons. The van der Waals surface area contributed by atoms with E-state index in [2.05, 4.69) is 35.9 Å². The molecule has 0 amide bonds. The molecule has 0 unspecified atom stereocenters. The molecule has 0 N–H and O–H groups in total. The molecule has 4 rings (SSSR count). The summed E-state index contributed by atoms with van der Waals surface area (Å²) in [6.45, 7) is 3.68. The second-order valence-electron chi connectivity index (χ2n) is 9.52. The predicted molar refractivity (Wildman–Crippen MR) is 126 cm³/mol. The summed E-state index contributed by atoms with van der Waals surface area (Å²) >= 11 is 0. The van der Waals surface area contributed by atoms with Crippen LogP contribution in [-0.4, -0.2) is 0 Å². The fourth-order valence-electron chi connectivity index (χ4n) is 4.61. The molecule has 180 valence electrons. The third-order valence-corrected chi connectivity index (χ3v) is 6.94. The SMILES string of the molecule is Cc1ccc(OC(F)(F)c2ccc(CCc3ccc(C4CCC(C)CC4)cc3)cc2)c(F)c1F. The summed E-state index contributed by atoms with van der Waals surface area (Å²) < 4.78 is 61.2. The highest BCUT2D eigenvalue weighted by atomic mass is 19.3. The van der Waals surface area contributed by atoms with E-state index in [0.29, 0.717) is 12.3 Å². The topological polar surface area (TPSA) is 9.23 Å². The number of ether oxygens (including phenoxy) is 1. The Morgan fingerprint density at radius 2 is 1.32 bits per heavy atom. The summed E-state index contributed by atoms with van der Waals surface area (Å²) in [5.74, 6) is -1.93. The Labute approximate surface area is 198 Å². The Morgan fingerprint density at radius 1 is 0.765 bits per heavy atom. The first-order valence-corrected chi connectivity index (χ1v) is 11.9. The predicted octanol–water partition coefficient (Wildman–Crippen LogP) is 8.48. The molecule has 0 aliphatic heterocycles. The second-order valence-corrected chi connectivity index (χ2v) is 9.52. The number of alkyl halides is 2. The van der Waals surface area contributed by atoms with E-state index < -0.39 is 29.1 Å². The van der Waals surface area contributed by atoms with Crippen LogP contribution in [0.2, 0.25) is 0 Å². The van der Waals surface area contributed by atoms with Gasteiger partial charge in [0.2, 0.25) is 5.82 Å². The van der Waals surface area contributed by atoms with Gasteiger partial charge in [0.05, 0.1) is 5.56 Å². The summed E-state index contributed by atoms with van der Waals surface area (Å²) in [6, 6.07) is 16.8. The van der Waals surface area contributed by atoms with Gasteiger partial charge in [0.25, 0.3) is 0 Å². The number of rotatable bonds is 7. The molecule has 3 aromatic rings. The number of hydrogen-bond donors (Lipinski definition) is 0. The molecule has 0 aromatic heterocycles. The molecule has 0 heterocycles. The molecule has 1 fully saturated rings. The number of halogens is 4. The Bertz CT molecular complexity index is 1100. The van der Waals surface area contributed by atoms with E-state index in [-0.39, 0.29) is 5.56 Å². The summed E-state index contributed by atoms with van der Waals surface area (Å²) in [5.41, 5.74) is 3.14. The van der Waals surface area contributed by atoms with Crippen LogP contribution in [0, 0.1) is 24.5 Å². The van der Waals surface area contributed by atoms with Gasteiger partial charge in [-0.2, -0.15) is 13.2 Å². The van der Waals surface area contributed by atoms with Gasteiger partial charge in [-0.1, -0.05) is 62.2 Å². The zero-order chi connectivity index (χ0) is 24.3. The highest BCUT2D eigenvalue weighted by Gasteiger charge is 2.36. The van der Waals surface area contributed by atoms with E-state index in [4.69, 9.17) is 0 Å². The quantitative estimate of drug-likeness (QED) is 0.315. The number of hydrogen-bond acceptors (Lipinski definition) is 1. The van der Waals surface area contributed by atoms with Crippen LogP contribution in [0.25, 0.3) is 0 Å². The molecule has 0 spiro atoms. The van der Waals surface area contributed by atoms with Gasteiger partial charge in [0.15, 0.2) is 11.6 Å². The van der Waals surface area contributed by atoms with Crippen molar-refractivity contribution in [2.75, 3.05) is 0 Å². The van der Waals surface area contributed by atoms with Crippen LogP contribution >= 0.6 is 0 Å². The Hall–Kier alpha value is -2.82. The molecule has 1 aliphatic carbocycles. The Morgan fingerprint density at radius 3 is 1.91 bits per heavy atom. The standard InChI is InChI=1S/C29H30F4O/c1-19-3-12-23(13-4-19)24-14-8-21(9-15-24)6-7-22-10-16-25(17-11-22)29(32,33)34-26-18-5-20(2)27(30)28(26)31/h5,8-11,14-19,23H,3-4,6-7,12-13H2,1-2H3. The molecule has 1 aliphatic rings. The molecule has 3 aromatic carbocycles. The van der Waals surface area contributed by atoms with Gasteiger partial charge in [-0.15, -0.1) is 0 Å². The minimum absolute atomic E-state index is 0.0239. The maximum atomic E-state index is 14.5. The Kier molecular flexibility index (Phi) is 7.30. The first-order valence-electron chi connectivity index (χ1n) is 11.9. The lowest BCUT2D eigenvalue weighted by atomic mass is 9.79. The van der Waals surface area contributed by atoms with Gasteiger partial charge in [-0.05, 0) is 84.9 Å². The first kappa shape index (κ1) is 24.3. The molecule has 1 saturated carbocycles. The van der Waals surface area contributed by atoms with Crippen molar-refractivity contribution < 1.29 is 22.3 Å². The lowest BCUT2D eigenvalue weighted by Crippen LogP contribution is -2.22. The molecule has 5 heteroatoms. The fraction of sp³-hybridized carbons (Fsp3) is 0.379. The minimum atomic E-state index is -3.78. The fourth-order valence-corrected chi connectivity index (χ4v) is 4.61. The van der Waals surface area contributed by atoms with Crippen LogP contribution in [0.15, 0.2) is 60.7 Å². The van der Waals surface area contributed by atoms with Crippen LogP contribution < -0.4 is 4.74 Å². The third kappa shape index (κ3) is 5.63. The van der Waals surface area contributed by atoms with Crippen molar-refractivity contribution in [3.8, 4) is 5.75 Å². The van der Waals surface area contributed by atoms with E-state index in [1.807, 2.05) is 0 Å². The largest absolute Gasteiger partial charge is 0.426 e. The monoisotopic (exact) mass is 470 g/mol. The molecule has 1 nitrogen and oxygen atoms in total. The van der Waals surface area contributed by atoms with Crippen LogP contribution in [0.4, 0.5) is 17.6 Å². The lowest BCUT2D eigenvalue weighted by molar-refractivity contribution is -0.187. The van der Waals surface area contributed by atoms with E-state index in [0.717, 1.165) is 24.0 Å². The molecular weight excluding hydrogens is 440 g/mol. The van der Waals surface area contributed by atoms with Gasteiger partial charge in [0, 0.05) is 0 Å². The lowest BCUT2D eigenvalue weighted by Gasteiger charge is -2.26. The molecule has 0 bridgehead atoms. The van der Waals surface area contributed by atoms with Crippen molar-refractivity contribution in [2.24, 2.45) is 5.92 Å². The molecule has 0 saturated heterocycles. The van der Waals surface area contributed by atoms with E-state index in [9.17, 15) is 17.6 Å². The van der Waals surface area contributed by atoms with E-state index in [1.54, 1.807) is 12.1 Å². The van der Waals surface area contributed by atoms with Gasteiger partial charge < -0.3 is 4.74 Å². The maximum Gasteiger partial charge on any atom is 0.426 e. The average Bonchev–Trinajstić information content (AvgIpc) is 2.84. The van der Waals surface area contributed by atoms with Gasteiger partial charge in [-0.25, -0.2) is 4.39 Å². The molecule has 34 heavy (non-hydrogen) atoms. The van der Waals surface area contributed by atoms with Crippen molar-refractivity contribution in [2.45, 2.75) is 64.4 Å². The normalized spacial score (nSPS) is 18.6. The first-order chi connectivity index (χ1) is 16.2. The van der Waals surface area contributed by atoms with Crippen LogP contribution in [0.1, 0.15) is 66.3 Å². The van der Waals surface area contributed by atoms with Crippen molar-refractivity contribution in [3.05, 3.63) is 100 Å². The van der Waals surface area contributed by atoms with Crippen molar-refractivity contribution >= 4 is 0 Å². The smallest absolute Gasteiger partial charge is 0.426 e. The molecular formula is C29H30F4O. The zero-order valence-corrected chi connectivity index (χ0v) is 19.6. The van der Waals surface area contributed by atoms with Crippen molar-refractivity contribution in [3.63, 3.8) is 0 Å². The highest BCUT2D eigenvalue weighted by molar-refractivity contribution is 5.33. The minimum Gasteiger partial charge on any atom is -0.426 e. The number of aryl methyl sites for hydroxylation is 3. The highest BCUT2D eigenvalue weighted by Crippen LogP contribution is 2.36. The summed E-state index contributed by atoms with van der Waals surface area (Å²) in [7, 11) is 0. The van der Waals surface area contributed by atoms with Gasteiger partial charge in [0.1, 0.15) is 0 Å². The van der Waals surface area contributed by atoms with E-state index >= 15 is 0 Å². The summed E-state index contributed by atoms with van der Waals surface area (Å²) in [4.78, 5) is 0. The third-order valence-electron chi connectivity index (χ3n) is 6.94. The zero-order valence-electron chi connectivity index (χ0n) is 19.6. The van der Waals surface area contributed by atoms with Crippen LogP contribution in [-0.2, 0) is 19.0 Å². The van der Waals surface area contributed by atoms with Crippen molar-refractivity contribution in [1.82, 2.24) is 0 Å².